The van der Waals surface area contributed by atoms with Gasteiger partial charge in [0.25, 0.3) is 0 Å². The second-order valence-electron chi connectivity index (χ2n) is 7.15. The molecule has 0 fully saturated rings. The van der Waals surface area contributed by atoms with E-state index < -0.39 is 0 Å². The lowest BCUT2D eigenvalue weighted by atomic mass is 10.2. The fraction of sp³-hybridized carbons (Fsp3) is 0.0870. The van der Waals surface area contributed by atoms with Gasteiger partial charge in [0.2, 0.25) is 5.91 Å². The third-order valence-electron chi connectivity index (χ3n) is 4.81. The first-order valence-electron chi connectivity index (χ1n) is 9.94. The van der Waals surface area contributed by atoms with Crippen LogP contribution >= 0.6 is 11.3 Å². The maximum atomic E-state index is 12.5. The van der Waals surface area contributed by atoms with Crippen LogP contribution in [-0.4, -0.2) is 30.1 Å². The molecule has 0 aliphatic rings. The van der Waals surface area contributed by atoms with Gasteiger partial charge in [-0.05, 0) is 42.0 Å². The van der Waals surface area contributed by atoms with Crippen LogP contribution in [0.2, 0.25) is 0 Å². The summed E-state index contributed by atoms with van der Waals surface area (Å²) in [7, 11) is 0. The molecule has 4 heterocycles. The van der Waals surface area contributed by atoms with Crippen LogP contribution in [0.4, 0.5) is 5.69 Å². The molecule has 0 bridgehead atoms. The Balaban J connectivity index is 1.26. The molecule has 0 spiro atoms. The minimum Gasteiger partial charge on any atom is -0.326 e. The number of nitrogens with zero attached hydrogens (tertiary/aromatic N) is 5. The maximum Gasteiger partial charge on any atom is 0.350 e. The Kier molecular flexibility index (Phi) is 5.30. The summed E-state index contributed by atoms with van der Waals surface area (Å²) in [5.74, 6) is -0.162. The quantitative estimate of drug-likeness (QED) is 0.436. The predicted molar refractivity (Wildman–Crippen MR) is 123 cm³/mol. The number of carbonyl (C=O) groups is 1. The standard InChI is InChI=1S/C23H18N6O2S/c30-21(13-18-15-32-22(26-18)19-8-1-3-10-24-19)25-17-7-5-6-16(12-17)14-29-23(31)28-11-4-2-9-20(28)27-29/h1-12,15H,13-14H2,(H,25,30). The average molecular weight is 443 g/mol. The Hall–Kier alpha value is -4.11. The fourth-order valence-electron chi connectivity index (χ4n) is 3.36. The molecule has 0 saturated heterocycles. The summed E-state index contributed by atoms with van der Waals surface area (Å²) in [5.41, 5.74) is 3.39. The van der Waals surface area contributed by atoms with Gasteiger partial charge in [-0.1, -0.05) is 24.3 Å². The summed E-state index contributed by atoms with van der Waals surface area (Å²) in [6, 6.07) is 18.5. The molecular weight excluding hydrogens is 424 g/mol. The third-order valence-corrected chi connectivity index (χ3v) is 5.72. The van der Waals surface area contributed by atoms with Gasteiger partial charge in [0.05, 0.1) is 24.4 Å². The second-order valence-corrected chi connectivity index (χ2v) is 8.01. The molecule has 5 aromatic rings. The van der Waals surface area contributed by atoms with Crippen LogP contribution in [-0.2, 0) is 17.8 Å². The van der Waals surface area contributed by atoms with E-state index in [1.165, 1.54) is 20.4 Å². The molecule has 0 aliphatic carbocycles. The number of rotatable bonds is 6. The lowest BCUT2D eigenvalue weighted by Crippen LogP contribution is -2.21. The molecule has 4 aromatic heterocycles. The van der Waals surface area contributed by atoms with Crippen molar-refractivity contribution in [1.29, 1.82) is 0 Å². The number of anilines is 1. The Morgan fingerprint density at radius 2 is 1.97 bits per heavy atom. The van der Waals surface area contributed by atoms with E-state index in [1.807, 2.05) is 53.9 Å². The summed E-state index contributed by atoms with van der Waals surface area (Å²) < 4.78 is 2.91. The van der Waals surface area contributed by atoms with Gasteiger partial charge in [0.1, 0.15) is 5.01 Å². The van der Waals surface area contributed by atoms with E-state index in [0.29, 0.717) is 23.6 Å². The van der Waals surface area contributed by atoms with Crippen LogP contribution in [0.5, 0.6) is 0 Å². The Labute approximate surface area is 186 Å². The zero-order valence-corrected chi connectivity index (χ0v) is 17.7. The summed E-state index contributed by atoms with van der Waals surface area (Å²) in [4.78, 5) is 33.8. The molecule has 8 nitrogen and oxygen atoms in total. The van der Waals surface area contributed by atoms with Gasteiger partial charge < -0.3 is 5.32 Å². The Bertz CT molecular complexity index is 1450. The van der Waals surface area contributed by atoms with Crippen molar-refractivity contribution in [2.45, 2.75) is 13.0 Å². The molecule has 158 valence electrons. The summed E-state index contributed by atoms with van der Waals surface area (Å²) in [5, 5.41) is 9.91. The zero-order chi connectivity index (χ0) is 21.9. The van der Waals surface area contributed by atoms with E-state index in [9.17, 15) is 9.59 Å². The molecule has 9 heteroatoms. The van der Waals surface area contributed by atoms with Crippen LogP contribution in [0.15, 0.2) is 83.2 Å². The molecule has 0 atom stereocenters. The number of hydrogen-bond acceptors (Lipinski definition) is 6. The van der Waals surface area contributed by atoms with E-state index in [4.69, 9.17) is 0 Å². The van der Waals surface area contributed by atoms with Crippen molar-refractivity contribution in [2.75, 3.05) is 5.32 Å². The molecule has 0 saturated carbocycles. The first kappa shape index (κ1) is 19.8. The van der Waals surface area contributed by atoms with Crippen molar-refractivity contribution in [2.24, 2.45) is 0 Å². The van der Waals surface area contributed by atoms with E-state index in [-0.39, 0.29) is 18.0 Å². The Morgan fingerprint density at radius 1 is 1.06 bits per heavy atom. The monoisotopic (exact) mass is 442 g/mol. The second kappa shape index (κ2) is 8.56. The van der Waals surface area contributed by atoms with Crippen LogP contribution < -0.4 is 11.0 Å². The number of aromatic nitrogens is 5. The van der Waals surface area contributed by atoms with E-state index in [0.717, 1.165) is 16.3 Å². The minimum absolute atomic E-state index is 0.162. The normalized spacial score (nSPS) is 11.0. The number of benzene rings is 1. The van der Waals surface area contributed by atoms with Crippen molar-refractivity contribution >= 4 is 28.6 Å². The van der Waals surface area contributed by atoms with E-state index in [2.05, 4.69) is 20.4 Å². The van der Waals surface area contributed by atoms with Gasteiger partial charge in [-0.3, -0.25) is 14.2 Å². The first-order valence-corrected chi connectivity index (χ1v) is 10.8. The molecule has 1 aromatic carbocycles. The van der Waals surface area contributed by atoms with Crippen molar-refractivity contribution < 1.29 is 4.79 Å². The van der Waals surface area contributed by atoms with Crippen LogP contribution in [0.3, 0.4) is 0 Å². The van der Waals surface area contributed by atoms with Crippen LogP contribution in [0.1, 0.15) is 11.3 Å². The SMILES string of the molecule is O=C(Cc1csc(-c2ccccn2)n1)Nc1cccc(Cn2nc3ccccn3c2=O)c1. The lowest BCUT2D eigenvalue weighted by Gasteiger charge is -2.07. The third kappa shape index (κ3) is 4.19. The molecule has 32 heavy (non-hydrogen) atoms. The number of thiazole rings is 1. The number of pyridine rings is 2. The average Bonchev–Trinajstić information content (AvgIpc) is 3.39. The predicted octanol–water partition coefficient (Wildman–Crippen LogP) is 3.24. The van der Waals surface area contributed by atoms with Crippen molar-refractivity contribution in [3.63, 3.8) is 0 Å². The first-order chi connectivity index (χ1) is 15.7. The van der Waals surface area contributed by atoms with E-state index in [1.54, 1.807) is 24.5 Å². The largest absolute Gasteiger partial charge is 0.350 e. The topological polar surface area (TPSA) is 94.2 Å². The maximum absolute atomic E-state index is 12.5. The molecule has 0 radical (unpaired) electrons. The van der Waals surface area contributed by atoms with Gasteiger partial charge in [-0.15, -0.1) is 16.4 Å². The zero-order valence-electron chi connectivity index (χ0n) is 16.9. The van der Waals surface area contributed by atoms with Gasteiger partial charge in [-0.25, -0.2) is 14.5 Å². The smallest absolute Gasteiger partial charge is 0.326 e. The summed E-state index contributed by atoms with van der Waals surface area (Å²) in [6.45, 7) is 0.309. The molecule has 0 aliphatic heterocycles. The summed E-state index contributed by atoms with van der Waals surface area (Å²) >= 11 is 1.46. The van der Waals surface area contributed by atoms with Crippen molar-refractivity contribution in [3.05, 3.63) is 100 Å². The fourth-order valence-corrected chi connectivity index (χ4v) is 4.15. The highest BCUT2D eigenvalue weighted by Crippen LogP contribution is 2.22. The number of fused-ring (bicyclic) bond motifs is 1. The molecule has 5 rings (SSSR count). The van der Waals surface area contributed by atoms with Gasteiger partial charge in [-0.2, -0.15) is 0 Å². The van der Waals surface area contributed by atoms with Crippen molar-refractivity contribution in [1.82, 2.24) is 24.1 Å². The number of nitrogens with one attached hydrogen (secondary N) is 1. The molecular formula is C23H18N6O2S. The highest BCUT2D eigenvalue weighted by atomic mass is 32.1. The molecule has 0 unspecified atom stereocenters. The Morgan fingerprint density at radius 3 is 2.81 bits per heavy atom. The van der Waals surface area contributed by atoms with Gasteiger partial charge in [0.15, 0.2) is 5.65 Å². The lowest BCUT2D eigenvalue weighted by molar-refractivity contribution is -0.115. The molecule has 1 N–H and O–H groups in total. The number of hydrogen-bond donors (Lipinski definition) is 1. The number of carbonyl (C=O) groups excluding carboxylic acids is 1. The minimum atomic E-state index is -0.206. The van der Waals surface area contributed by atoms with Gasteiger partial charge >= 0.3 is 5.69 Å². The summed E-state index contributed by atoms with van der Waals surface area (Å²) in [6.07, 6.45) is 3.57. The highest BCUT2D eigenvalue weighted by Gasteiger charge is 2.11. The van der Waals surface area contributed by atoms with E-state index >= 15 is 0 Å². The molecule has 1 amide bonds. The van der Waals surface area contributed by atoms with Crippen LogP contribution in [0, 0.1) is 0 Å². The van der Waals surface area contributed by atoms with Crippen molar-refractivity contribution in [3.8, 4) is 10.7 Å². The van der Waals surface area contributed by atoms with Gasteiger partial charge in [0, 0.05) is 23.5 Å². The highest BCUT2D eigenvalue weighted by molar-refractivity contribution is 7.13. The number of amides is 1. The van der Waals surface area contributed by atoms with Crippen LogP contribution in [0.25, 0.3) is 16.3 Å².